The normalized spacial score (nSPS) is 22.5. The van der Waals surface area contributed by atoms with E-state index in [1.165, 1.54) is 24.8 Å². The highest BCUT2D eigenvalue weighted by Crippen LogP contribution is 2.42. The summed E-state index contributed by atoms with van der Waals surface area (Å²) in [5, 5.41) is 29.6. The van der Waals surface area contributed by atoms with Crippen molar-refractivity contribution in [1.29, 1.82) is 0 Å². The number of allylic oxidation sites excluding steroid dienone is 4. The third kappa shape index (κ3) is 8.50. The molecule has 1 unspecified atom stereocenters. The lowest BCUT2D eigenvalue weighted by molar-refractivity contribution is 0.00908. The van der Waals surface area contributed by atoms with Crippen LogP contribution in [0.5, 0.6) is 0 Å². The number of hydrogen-bond donors (Lipinski definition) is 3. The largest absolute Gasteiger partial charge is 0.396 e. The second-order valence-corrected chi connectivity index (χ2v) is 9.85. The van der Waals surface area contributed by atoms with Crippen LogP contribution in [0.2, 0.25) is 0 Å². The fourth-order valence-electron chi connectivity index (χ4n) is 4.27. The van der Waals surface area contributed by atoms with Gasteiger partial charge in [0.05, 0.1) is 11.7 Å². The minimum Gasteiger partial charge on any atom is -0.396 e. The molecular formula is C24H44O3. The quantitative estimate of drug-likeness (QED) is 0.412. The zero-order chi connectivity index (χ0) is 20.7. The summed E-state index contributed by atoms with van der Waals surface area (Å²) in [7, 11) is 0. The van der Waals surface area contributed by atoms with E-state index in [0.29, 0.717) is 24.7 Å². The molecule has 3 nitrogen and oxygen atoms in total. The third-order valence-corrected chi connectivity index (χ3v) is 6.55. The topological polar surface area (TPSA) is 60.7 Å². The summed E-state index contributed by atoms with van der Waals surface area (Å²) in [6.07, 6.45) is 10.5. The predicted molar refractivity (Wildman–Crippen MR) is 115 cm³/mol. The van der Waals surface area contributed by atoms with Gasteiger partial charge < -0.3 is 15.3 Å². The molecule has 1 aliphatic carbocycles. The standard InChI is InChI=1S/C24H44O3/c1-18(11-12-21-19(2)10-8-14-23(21,4)5)9-7-15-24(6,27)16-13-22(26)20(3)17-25/h9,20,22,25-27H,7-8,10-17H2,1-6H3/b18-9+/t20?,22-,24+/m1/s1. The molecule has 0 spiro atoms. The van der Waals surface area contributed by atoms with Crippen LogP contribution in [-0.2, 0) is 0 Å². The molecule has 0 aromatic heterocycles. The van der Waals surface area contributed by atoms with E-state index in [1.54, 1.807) is 11.1 Å². The highest BCUT2D eigenvalue weighted by Gasteiger charge is 2.27. The summed E-state index contributed by atoms with van der Waals surface area (Å²) >= 11 is 0. The monoisotopic (exact) mass is 380 g/mol. The van der Waals surface area contributed by atoms with Gasteiger partial charge in [0.1, 0.15) is 0 Å². The number of aliphatic hydroxyl groups is 3. The van der Waals surface area contributed by atoms with Crippen molar-refractivity contribution in [2.45, 2.75) is 111 Å². The first-order chi connectivity index (χ1) is 12.5. The van der Waals surface area contributed by atoms with E-state index in [-0.39, 0.29) is 12.5 Å². The minimum absolute atomic E-state index is 0.0159. The highest BCUT2D eigenvalue weighted by molar-refractivity contribution is 5.23. The molecule has 3 heteroatoms. The molecule has 0 amide bonds. The first-order valence-corrected chi connectivity index (χ1v) is 10.8. The van der Waals surface area contributed by atoms with E-state index < -0.39 is 11.7 Å². The molecule has 0 saturated heterocycles. The van der Waals surface area contributed by atoms with Crippen molar-refractivity contribution in [2.75, 3.05) is 6.61 Å². The second kappa shape index (κ2) is 10.8. The maximum atomic E-state index is 10.6. The molecule has 0 fully saturated rings. The first-order valence-electron chi connectivity index (χ1n) is 10.8. The number of aliphatic hydroxyl groups excluding tert-OH is 2. The average molecular weight is 381 g/mol. The molecule has 3 N–H and O–H groups in total. The summed E-state index contributed by atoms with van der Waals surface area (Å²) in [4.78, 5) is 0. The molecule has 1 rings (SSSR count). The smallest absolute Gasteiger partial charge is 0.0623 e. The van der Waals surface area contributed by atoms with Crippen molar-refractivity contribution < 1.29 is 15.3 Å². The summed E-state index contributed by atoms with van der Waals surface area (Å²) in [6.45, 7) is 12.9. The van der Waals surface area contributed by atoms with Gasteiger partial charge in [0.25, 0.3) is 0 Å². The van der Waals surface area contributed by atoms with Gasteiger partial charge in [-0.2, -0.15) is 0 Å². The van der Waals surface area contributed by atoms with Crippen LogP contribution in [0, 0.1) is 11.3 Å². The fourth-order valence-corrected chi connectivity index (χ4v) is 4.27. The molecule has 0 aromatic rings. The van der Waals surface area contributed by atoms with Crippen LogP contribution in [0.4, 0.5) is 0 Å². The molecule has 0 aliphatic heterocycles. The number of rotatable bonds is 11. The Labute approximate surface area is 167 Å². The Hall–Kier alpha value is -0.640. The zero-order valence-corrected chi connectivity index (χ0v) is 18.6. The lowest BCUT2D eigenvalue weighted by Gasteiger charge is -2.35. The minimum atomic E-state index is -0.766. The summed E-state index contributed by atoms with van der Waals surface area (Å²) in [6, 6.07) is 0. The summed E-state index contributed by atoms with van der Waals surface area (Å²) in [5.74, 6) is -0.135. The molecule has 0 bridgehead atoms. The van der Waals surface area contributed by atoms with E-state index >= 15 is 0 Å². The van der Waals surface area contributed by atoms with Crippen molar-refractivity contribution in [3.05, 3.63) is 22.8 Å². The summed E-state index contributed by atoms with van der Waals surface area (Å²) < 4.78 is 0. The van der Waals surface area contributed by atoms with Gasteiger partial charge >= 0.3 is 0 Å². The van der Waals surface area contributed by atoms with Crippen LogP contribution in [0.25, 0.3) is 0 Å². The van der Waals surface area contributed by atoms with Crippen LogP contribution in [-0.4, -0.2) is 33.6 Å². The lowest BCUT2D eigenvalue weighted by Crippen LogP contribution is -2.28. The van der Waals surface area contributed by atoms with Crippen LogP contribution < -0.4 is 0 Å². The fraction of sp³-hybridized carbons (Fsp3) is 0.833. The van der Waals surface area contributed by atoms with Gasteiger partial charge in [-0.05, 0) is 84.0 Å². The van der Waals surface area contributed by atoms with Crippen molar-refractivity contribution in [1.82, 2.24) is 0 Å². The van der Waals surface area contributed by atoms with Crippen LogP contribution in [0.1, 0.15) is 99.3 Å². The molecule has 27 heavy (non-hydrogen) atoms. The van der Waals surface area contributed by atoms with Crippen LogP contribution in [0.15, 0.2) is 22.8 Å². The Morgan fingerprint density at radius 3 is 2.56 bits per heavy atom. The van der Waals surface area contributed by atoms with Gasteiger partial charge in [-0.1, -0.05) is 43.6 Å². The van der Waals surface area contributed by atoms with Crippen molar-refractivity contribution in [3.63, 3.8) is 0 Å². The summed E-state index contributed by atoms with van der Waals surface area (Å²) in [5.41, 5.74) is 4.23. The molecule has 0 saturated carbocycles. The van der Waals surface area contributed by atoms with Crippen LogP contribution in [0.3, 0.4) is 0 Å². The third-order valence-electron chi connectivity index (χ3n) is 6.55. The highest BCUT2D eigenvalue weighted by atomic mass is 16.3. The maximum Gasteiger partial charge on any atom is 0.0623 e. The van der Waals surface area contributed by atoms with Gasteiger partial charge in [0.2, 0.25) is 0 Å². The van der Waals surface area contributed by atoms with E-state index in [1.807, 2.05) is 13.8 Å². The Bertz CT molecular complexity index is 514. The molecule has 0 radical (unpaired) electrons. The van der Waals surface area contributed by atoms with Crippen molar-refractivity contribution in [2.24, 2.45) is 11.3 Å². The van der Waals surface area contributed by atoms with Gasteiger partial charge in [-0.15, -0.1) is 0 Å². The average Bonchev–Trinajstić information content (AvgIpc) is 2.57. The van der Waals surface area contributed by atoms with Crippen LogP contribution >= 0.6 is 0 Å². The Morgan fingerprint density at radius 2 is 1.96 bits per heavy atom. The van der Waals surface area contributed by atoms with E-state index in [4.69, 9.17) is 5.11 Å². The Kier molecular flexibility index (Phi) is 9.74. The molecule has 0 heterocycles. The molecule has 3 atom stereocenters. The number of hydrogen-bond acceptors (Lipinski definition) is 3. The Morgan fingerprint density at radius 1 is 1.30 bits per heavy atom. The van der Waals surface area contributed by atoms with Crippen molar-refractivity contribution in [3.8, 4) is 0 Å². The van der Waals surface area contributed by atoms with Crippen molar-refractivity contribution >= 4 is 0 Å². The molecular weight excluding hydrogens is 336 g/mol. The van der Waals surface area contributed by atoms with Gasteiger partial charge in [0, 0.05) is 12.5 Å². The van der Waals surface area contributed by atoms with Gasteiger partial charge in [0.15, 0.2) is 0 Å². The van der Waals surface area contributed by atoms with E-state index in [0.717, 1.165) is 19.3 Å². The SMILES string of the molecule is CC1=C(CC/C(C)=C/CC[C@](C)(O)CC[C@@H](O)C(C)CO)C(C)(C)CCC1. The maximum absolute atomic E-state index is 10.6. The Balaban J connectivity index is 2.43. The molecule has 0 aromatic carbocycles. The zero-order valence-electron chi connectivity index (χ0n) is 18.6. The van der Waals surface area contributed by atoms with E-state index in [2.05, 4.69) is 33.8 Å². The lowest BCUT2D eigenvalue weighted by atomic mass is 9.71. The molecule has 1 aliphatic rings. The second-order valence-electron chi connectivity index (χ2n) is 9.85. The van der Waals surface area contributed by atoms with Gasteiger partial charge in [-0.3, -0.25) is 0 Å². The van der Waals surface area contributed by atoms with Gasteiger partial charge in [-0.25, -0.2) is 0 Å². The first kappa shape index (κ1) is 24.4. The molecule has 158 valence electrons. The predicted octanol–water partition coefficient (Wildman–Crippen LogP) is 5.54. The van der Waals surface area contributed by atoms with E-state index in [9.17, 15) is 10.2 Å².